The molecule has 0 saturated carbocycles. The molecule has 0 spiro atoms. The molecule has 0 radical (unpaired) electrons. The highest BCUT2D eigenvalue weighted by Crippen LogP contribution is 2.11. The highest BCUT2D eigenvalue weighted by molar-refractivity contribution is 9.11. The third-order valence-corrected chi connectivity index (χ3v) is 2.85. The first-order chi connectivity index (χ1) is 8.63. The fourth-order valence-corrected chi connectivity index (χ4v) is 1.87. The number of rotatable bonds is 7. The first kappa shape index (κ1) is 14.7. The van der Waals surface area contributed by atoms with Gasteiger partial charge in [0.2, 0.25) is 0 Å². The average molecular weight is 310 g/mol. The molecule has 96 valence electrons. The molecule has 1 aromatic carbocycles. The van der Waals surface area contributed by atoms with E-state index in [-0.39, 0.29) is 0 Å². The second-order valence-corrected chi connectivity index (χ2v) is 4.82. The lowest BCUT2D eigenvalue weighted by molar-refractivity contribution is -0.139. The van der Waals surface area contributed by atoms with Crippen LogP contribution in [0.3, 0.4) is 0 Å². The molecule has 0 heterocycles. The molecule has 0 aliphatic rings. The van der Waals surface area contributed by atoms with Crippen LogP contribution in [-0.2, 0) is 4.79 Å². The number of carbonyl (C=O) groups is 1. The predicted octanol–water partition coefficient (Wildman–Crippen LogP) is 3.04. The van der Waals surface area contributed by atoms with Crippen LogP contribution >= 0.6 is 15.9 Å². The lowest BCUT2D eigenvalue weighted by Gasteiger charge is -2.11. The molecular formula is C14H16BrNO2. The van der Waals surface area contributed by atoms with Crippen LogP contribution in [0.2, 0.25) is 0 Å². The van der Waals surface area contributed by atoms with Gasteiger partial charge in [0.25, 0.3) is 0 Å². The zero-order valence-electron chi connectivity index (χ0n) is 9.97. The van der Waals surface area contributed by atoms with Gasteiger partial charge in [-0.2, -0.15) is 0 Å². The van der Waals surface area contributed by atoms with Gasteiger partial charge >= 0.3 is 5.97 Å². The fourth-order valence-electron chi connectivity index (χ4n) is 1.44. The maximum atomic E-state index is 10.9. The number of hydrogen-bond donors (Lipinski definition) is 2. The summed E-state index contributed by atoms with van der Waals surface area (Å²) in [5.41, 5.74) is 1.07. The van der Waals surface area contributed by atoms with E-state index < -0.39 is 12.0 Å². The molecule has 0 aliphatic heterocycles. The topological polar surface area (TPSA) is 49.3 Å². The minimum Gasteiger partial charge on any atom is -0.480 e. The average Bonchev–Trinajstić information content (AvgIpc) is 2.35. The van der Waals surface area contributed by atoms with Gasteiger partial charge < -0.3 is 5.11 Å². The molecule has 2 N–H and O–H groups in total. The summed E-state index contributed by atoms with van der Waals surface area (Å²) in [6, 6.07) is 9.24. The van der Waals surface area contributed by atoms with E-state index in [0.29, 0.717) is 13.0 Å². The summed E-state index contributed by atoms with van der Waals surface area (Å²) in [6.45, 7) is 4.02. The van der Waals surface area contributed by atoms with Crippen LogP contribution in [-0.4, -0.2) is 23.7 Å². The molecule has 4 heteroatoms. The molecule has 0 fully saturated rings. The number of aliphatic carboxylic acids is 1. The number of hydrogen-bond acceptors (Lipinski definition) is 2. The lowest BCUT2D eigenvalue weighted by Crippen LogP contribution is -2.36. The van der Waals surface area contributed by atoms with E-state index in [2.05, 4.69) is 27.8 Å². The SMILES string of the molecule is C=CCC(NCC(Br)=Cc1ccccc1)C(=O)O. The standard InChI is InChI=1S/C14H16BrNO2/c1-2-6-13(14(17)18)16-10-12(15)9-11-7-4-3-5-8-11/h2-5,7-9,13,16H,1,6,10H2,(H,17,18). The van der Waals surface area contributed by atoms with Crippen molar-refractivity contribution in [3.63, 3.8) is 0 Å². The quantitative estimate of drug-likeness (QED) is 0.761. The molecule has 3 nitrogen and oxygen atoms in total. The summed E-state index contributed by atoms with van der Waals surface area (Å²) in [5.74, 6) is -0.866. The maximum absolute atomic E-state index is 10.9. The molecule has 1 aromatic rings. The summed E-state index contributed by atoms with van der Waals surface area (Å²) in [5, 5.41) is 11.9. The van der Waals surface area contributed by atoms with Crippen LogP contribution in [0.5, 0.6) is 0 Å². The largest absolute Gasteiger partial charge is 0.480 e. The van der Waals surface area contributed by atoms with Crippen molar-refractivity contribution in [1.82, 2.24) is 5.32 Å². The van der Waals surface area contributed by atoms with Crippen LogP contribution in [0.1, 0.15) is 12.0 Å². The van der Waals surface area contributed by atoms with Crippen molar-refractivity contribution in [2.24, 2.45) is 0 Å². The second-order valence-electron chi connectivity index (χ2n) is 3.80. The zero-order chi connectivity index (χ0) is 13.4. The van der Waals surface area contributed by atoms with E-state index in [4.69, 9.17) is 5.11 Å². The Balaban J connectivity index is 2.54. The zero-order valence-corrected chi connectivity index (χ0v) is 11.6. The van der Waals surface area contributed by atoms with Crippen LogP contribution < -0.4 is 5.32 Å². The van der Waals surface area contributed by atoms with Crippen LogP contribution in [0.4, 0.5) is 0 Å². The third kappa shape index (κ3) is 5.29. The minimum absolute atomic E-state index is 0.404. The Hall–Kier alpha value is -1.39. The van der Waals surface area contributed by atoms with Crippen molar-refractivity contribution in [3.05, 3.63) is 53.0 Å². The van der Waals surface area contributed by atoms with Crippen LogP contribution in [0.25, 0.3) is 6.08 Å². The summed E-state index contributed by atoms with van der Waals surface area (Å²) in [6.07, 6.45) is 3.96. The van der Waals surface area contributed by atoms with Gasteiger partial charge in [-0.3, -0.25) is 10.1 Å². The highest BCUT2D eigenvalue weighted by atomic mass is 79.9. The van der Waals surface area contributed by atoms with Crippen molar-refractivity contribution < 1.29 is 9.90 Å². The first-order valence-corrected chi connectivity index (χ1v) is 6.41. The monoisotopic (exact) mass is 309 g/mol. The summed E-state index contributed by atoms with van der Waals surface area (Å²) < 4.78 is 0.906. The van der Waals surface area contributed by atoms with Crippen LogP contribution in [0.15, 0.2) is 47.5 Å². The molecule has 1 rings (SSSR count). The second kappa shape index (κ2) is 7.84. The van der Waals surface area contributed by atoms with E-state index in [1.165, 1.54) is 0 Å². The smallest absolute Gasteiger partial charge is 0.321 e. The van der Waals surface area contributed by atoms with Crippen molar-refractivity contribution in [1.29, 1.82) is 0 Å². The van der Waals surface area contributed by atoms with Gasteiger partial charge in [0.15, 0.2) is 0 Å². The highest BCUT2D eigenvalue weighted by Gasteiger charge is 2.14. The van der Waals surface area contributed by atoms with E-state index in [0.717, 1.165) is 10.0 Å². The first-order valence-electron chi connectivity index (χ1n) is 5.61. The fraction of sp³-hybridized carbons (Fsp3) is 0.214. The Morgan fingerprint density at radius 3 is 2.67 bits per heavy atom. The normalized spacial score (nSPS) is 13.1. The molecule has 0 aliphatic carbocycles. The number of carboxylic acids is 1. The Morgan fingerprint density at radius 1 is 1.44 bits per heavy atom. The molecule has 18 heavy (non-hydrogen) atoms. The molecule has 1 atom stereocenters. The number of halogens is 1. The van der Waals surface area contributed by atoms with Crippen molar-refractivity contribution in [3.8, 4) is 0 Å². The number of nitrogens with one attached hydrogen (secondary N) is 1. The predicted molar refractivity (Wildman–Crippen MR) is 77.6 cm³/mol. The number of benzene rings is 1. The van der Waals surface area contributed by atoms with E-state index in [1.807, 2.05) is 36.4 Å². The lowest BCUT2D eigenvalue weighted by atomic mass is 10.2. The van der Waals surface area contributed by atoms with Gasteiger partial charge in [-0.05, 0) is 18.1 Å². The number of carboxylic acid groups (broad SMARTS) is 1. The maximum Gasteiger partial charge on any atom is 0.321 e. The Labute approximate surface area is 115 Å². The molecule has 0 amide bonds. The molecule has 1 unspecified atom stereocenters. The Morgan fingerprint density at radius 2 is 2.11 bits per heavy atom. The van der Waals surface area contributed by atoms with Gasteiger partial charge in [-0.1, -0.05) is 52.3 Å². The summed E-state index contributed by atoms with van der Waals surface area (Å²) in [7, 11) is 0. The van der Waals surface area contributed by atoms with Crippen molar-refractivity contribution in [2.75, 3.05) is 6.54 Å². The minimum atomic E-state index is -0.866. The van der Waals surface area contributed by atoms with Gasteiger partial charge in [-0.25, -0.2) is 0 Å². The van der Waals surface area contributed by atoms with Gasteiger partial charge in [0.1, 0.15) is 6.04 Å². The molecule has 0 saturated heterocycles. The summed E-state index contributed by atoms with van der Waals surface area (Å²) >= 11 is 3.42. The van der Waals surface area contributed by atoms with E-state index in [9.17, 15) is 4.79 Å². The summed E-state index contributed by atoms with van der Waals surface area (Å²) in [4.78, 5) is 10.9. The molecule has 0 bridgehead atoms. The van der Waals surface area contributed by atoms with Gasteiger partial charge in [0, 0.05) is 11.0 Å². The third-order valence-electron chi connectivity index (χ3n) is 2.34. The van der Waals surface area contributed by atoms with Crippen molar-refractivity contribution >= 4 is 28.0 Å². The van der Waals surface area contributed by atoms with E-state index in [1.54, 1.807) is 6.08 Å². The van der Waals surface area contributed by atoms with Crippen LogP contribution in [0, 0.1) is 0 Å². The van der Waals surface area contributed by atoms with Crippen molar-refractivity contribution in [2.45, 2.75) is 12.5 Å². The molecule has 0 aromatic heterocycles. The Kier molecular flexibility index (Phi) is 6.39. The van der Waals surface area contributed by atoms with E-state index >= 15 is 0 Å². The van der Waals surface area contributed by atoms with Gasteiger partial charge in [-0.15, -0.1) is 6.58 Å². The van der Waals surface area contributed by atoms with Gasteiger partial charge in [0.05, 0.1) is 0 Å². The molecular weight excluding hydrogens is 294 g/mol. The Bertz CT molecular complexity index is 429.